The van der Waals surface area contributed by atoms with Crippen LogP contribution in [0, 0.1) is 17.5 Å². The van der Waals surface area contributed by atoms with Crippen LogP contribution < -0.4 is 5.32 Å². The van der Waals surface area contributed by atoms with Crippen molar-refractivity contribution >= 4 is 5.91 Å². The fourth-order valence-electron chi connectivity index (χ4n) is 1.24. The molecule has 0 saturated heterocycles. The number of carbonyl (C=O) groups is 1. The lowest BCUT2D eigenvalue weighted by molar-refractivity contribution is 0.0946. The minimum atomic E-state index is -1.66. The first-order valence-electron chi connectivity index (χ1n) is 5.10. The van der Waals surface area contributed by atoms with Crippen LogP contribution in [0.2, 0.25) is 0 Å². The summed E-state index contributed by atoms with van der Waals surface area (Å²) < 4.78 is 38.6. The molecule has 0 aliphatic carbocycles. The van der Waals surface area contributed by atoms with E-state index >= 15 is 0 Å². The van der Waals surface area contributed by atoms with E-state index in [0.29, 0.717) is 18.9 Å². The van der Waals surface area contributed by atoms with Crippen molar-refractivity contribution in [2.24, 2.45) is 0 Å². The summed E-state index contributed by atoms with van der Waals surface area (Å²) in [6.07, 6.45) is 1.02. The van der Waals surface area contributed by atoms with Gasteiger partial charge < -0.3 is 10.4 Å². The highest BCUT2D eigenvalue weighted by Gasteiger charge is 2.18. The van der Waals surface area contributed by atoms with Gasteiger partial charge in [-0.25, -0.2) is 13.2 Å². The summed E-state index contributed by atoms with van der Waals surface area (Å²) in [5.41, 5.74) is -0.534. The summed E-state index contributed by atoms with van der Waals surface area (Å²) in [7, 11) is 0. The third-order valence-corrected chi connectivity index (χ3v) is 2.15. The third kappa shape index (κ3) is 3.45. The lowest BCUT2D eigenvalue weighted by Gasteiger charge is -2.06. The first-order chi connectivity index (χ1) is 8.07. The Bertz CT molecular complexity index is 410. The molecule has 0 aliphatic rings. The normalized spacial score (nSPS) is 10.4. The van der Waals surface area contributed by atoms with Gasteiger partial charge in [0, 0.05) is 13.2 Å². The van der Waals surface area contributed by atoms with Crippen LogP contribution in [0.25, 0.3) is 0 Å². The maximum atomic E-state index is 13.2. The van der Waals surface area contributed by atoms with Crippen LogP contribution in [-0.2, 0) is 0 Å². The van der Waals surface area contributed by atoms with Crippen LogP contribution >= 0.6 is 0 Å². The van der Waals surface area contributed by atoms with Crippen molar-refractivity contribution in [3.05, 3.63) is 35.1 Å². The predicted octanol–water partition coefficient (Wildman–Crippen LogP) is 1.61. The zero-order valence-electron chi connectivity index (χ0n) is 8.97. The van der Waals surface area contributed by atoms with E-state index in [2.05, 4.69) is 5.32 Å². The fourth-order valence-corrected chi connectivity index (χ4v) is 1.24. The number of amides is 1. The molecule has 0 aromatic heterocycles. The van der Waals surface area contributed by atoms with Crippen molar-refractivity contribution in [3.8, 4) is 0 Å². The second-order valence-corrected chi connectivity index (χ2v) is 3.41. The Morgan fingerprint density at radius 3 is 2.53 bits per heavy atom. The predicted molar refractivity (Wildman–Crippen MR) is 55.0 cm³/mol. The summed E-state index contributed by atoms with van der Waals surface area (Å²) in [4.78, 5) is 11.4. The second kappa shape index (κ2) is 6.24. The quantitative estimate of drug-likeness (QED) is 0.613. The van der Waals surface area contributed by atoms with Gasteiger partial charge in [0.2, 0.25) is 0 Å². The van der Waals surface area contributed by atoms with E-state index in [9.17, 15) is 18.0 Å². The van der Waals surface area contributed by atoms with Crippen LogP contribution in [-0.4, -0.2) is 24.2 Å². The summed E-state index contributed by atoms with van der Waals surface area (Å²) in [5, 5.41) is 10.8. The molecule has 1 aromatic rings. The molecular weight excluding hydrogens is 235 g/mol. The fraction of sp³-hybridized carbons (Fsp3) is 0.364. The Kier molecular flexibility index (Phi) is 4.96. The highest BCUT2D eigenvalue weighted by Crippen LogP contribution is 2.14. The third-order valence-electron chi connectivity index (χ3n) is 2.15. The van der Waals surface area contributed by atoms with Crippen LogP contribution in [0.3, 0.4) is 0 Å². The lowest BCUT2D eigenvalue weighted by Crippen LogP contribution is -2.26. The first-order valence-corrected chi connectivity index (χ1v) is 5.10. The van der Waals surface area contributed by atoms with Crippen LogP contribution in [0.5, 0.6) is 0 Å². The maximum absolute atomic E-state index is 13.2. The summed E-state index contributed by atoms with van der Waals surface area (Å²) in [6, 6.07) is 1.58. The number of nitrogens with one attached hydrogen (secondary N) is 1. The number of hydrogen-bond acceptors (Lipinski definition) is 2. The summed E-state index contributed by atoms with van der Waals surface area (Å²) in [5.74, 6) is -5.30. The molecular formula is C11H12F3NO2. The van der Waals surface area contributed by atoms with E-state index in [0.717, 1.165) is 6.07 Å². The van der Waals surface area contributed by atoms with Crippen molar-refractivity contribution < 1.29 is 23.1 Å². The highest BCUT2D eigenvalue weighted by molar-refractivity contribution is 5.94. The molecule has 0 spiro atoms. The zero-order valence-corrected chi connectivity index (χ0v) is 8.97. The molecule has 0 unspecified atom stereocenters. The van der Waals surface area contributed by atoms with E-state index in [-0.39, 0.29) is 13.2 Å². The Morgan fingerprint density at radius 1 is 1.18 bits per heavy atom. The molecule has 17 heavy (non-hydrogen) atoms. The molecule has 2 N–H and O–H groups in total. The van der Waals surface area contributed by atoms with E-state index in [1.807, 2.05) is 0 Å². The zero-order chi connectivity index (χ0) is 12.8. The molecule has 0 heterocycles. The van der Waals surface area contributed by atoms with Gasteiger partial charge in [0.15, 0.2) is 17.5 Å². The van der Waals surface area contributed by atoms with Crippen molar-refractivity contribution in [1.82, 2.24) is 5.32 Å². The molecule has 0 atom stereocenters. The maximum Gasteiger partial charge on any atom is 0.254 e. The number of unbranched alkanes of at least 4 members (excludes halogenated alkanes) is 1. The van der Waals surface area contributed by atoms with Crippen molar-refractivity contribution in [1.29, 1.82) is 0 Å². The second-order valence-electron chi connectivity index (χ2n) is 3.41. The first kappa shape index (κ1) is 13.5. The molecule has 3 nitrogen and oxygen atoms in total. The molecule has 1 aromatic carbocycles. The Balaban J connectivity index is 2.66. The average Bonchev–Trinajstić information content (AvgIpc) is 2.31. The average molecular weight is 247 g/mol. The van der Waals surface area contributed by atoms with Crippen LogP contribution in [0.15, 0.2) is 12.1 Å². The molecule has 0 fully saturated rings. The molecule has 94 valence electrons. The van der Waals surface area contributed by atoms with Crippen molar-refractivity contribution in [2.75, 3.05) is 13.2 Å². The van der Waals surface area contributed by atoms with Crippen LogP contribution in [0.4, 0.5) is 13.2 Å². The number of aliphatic hydroxyl groups is 1. The lowest BCUT2D eigenvalue weighted by atomic mass is 10.2. The number of halogens is 3. The monoisotopic (exact) mass is 247 g/mol. The van der Waals surface area contributed by atoms with Gasteiger partial charge in [-0.1, -0.05) is 0 Å². The van der Waals surface area contributed by atoms with E-state index < -0.39 is 28.9 Å². The Labute approximate surface area is 96.3 Å². The van der Waals surface area contributed by atoms with E-state index in [4.69, 9.17) is 5.11 Å². The van der Waals surface area contributed by atoms with Crippen molar-refractivity contribution in [3.63, 3.8) is 0 Å². The number of hydrogen-bond donors (Lipinski definition) is 2. The van der Waals surface area contributed by atoms with Gasteiger partial charge in [-0.2, -0.15) is 0 Å². The van der Waals surface area contributed by atoms with Gasteiger partial charge in [0.1, 0.15) is 0 Å². The minimum absolute atomic E-state index is 0.00456. The van der Waals surface area contributed by atoms with Gasteiger partial charge in [-0.05, 0) is 25.0 Å². The van der Waals surface area contributed by atoms with Gasteiger partial charge in [0.05, 0.1) is 5.56 Å². The van der Waals surface area contributed by atoms with Crippen molar-refractivity contribution in [2.45, 2.75) is 12.8 Å². The minimum Gasteiger partial charge on any atom is -0.396 e. The molecule has 0 aliphatic heterocycles. The highest BCUT2D eigenvalue weighted by atomic mass is 19.2. The SMILES string of the molecule is O=C(NCCCCO)c1ccc(F)c(F)c1F. The summed E-state index contributed by atoms with van der Waals surface area (Å²) >= 11 is 0. The largest absolute Gasteiger partial charge is 0.396 e. The number of carbonyl (C=O) groups excluding carboxylic acids is 1. The van der Waals surface area contributed by atoms with E-state index in [1.165, 1.54) is 0 Å². The molecule has 0 saturated carbocycles. The Hall–Kier alpha value is -1.56. The molecule has 1 amide bonds. The smallest absolute Gasteiger partial charge is 0.254 e. The molecule has 0 bridgehead atoms. The Morgan fingerprint density at radius 2 is 1.88 bits per heavy atom. The number of benzene rings is 1. The topological polar surface area (TPSA) is 49.3 Å². The molecule has 6 heteroatoms. The molecule has 0 radical (unpaired) electrons. The van der Waals surface area contributed by atoms with E-state index in [1.54, 1.807) is 0 Å². The van der Waals surface area contributed by atoms with Crippen LogP contribution in [0.1, 0.15) is 23.2 Å². The van der Waals surface area contributed by atoms with Gasteiger partial charge >= 0.3 is 0 Å². The van der Waals surface area contributed by atoms with Gasteiger partial charge in [-0.15, -0.1) is 0 Å². The van der Waals surface area contributed by atoms with Gasteiger partial charge in [-0.3, -0.25) is 4.79 Å². The summed E-state index contributed by atoms with van der Waals surface area (Å²) in [6.45, 7) is 0.229. The number of rotatable bonds is 5. The standard InChI is InChI=1S/C11H12F3NO2/c12-8-4-3-7(9(13)10(8)14)11(17)15-5-1-2-6-16/h3-4,16H,1-2,5-6H2,(H,15,17). The molecule has 1 rings (SSSR count). The van der Waals surface area contributed by atoms with Gasteiger partial charge in [0.25, 0.3) is 5.91 Å². The number of aliphatic hydroxyl groups excluding tert-OH is 1.